The Kier molecular flexibility index (Phi) is 6.71. The molecular weight excluding hydrogens is 396 g/mol. The van der Waals surface area contributed by atoms with Crippen LogP contribution in [0.2, 0.25) is 0 Å². The summed E-state index contributed by atoms with van der Waals surface area (Å²) >= 11 is 0. The monoisotopic (exact) mass is 420 g/mol. The second-order valence-corrected chi connectivity index (χ2v) is 7.00. The first-order valence-corrected chi connectivity index (χ1v) is 9.60. The Hall–Kier alpha value is -4.07. The van der Waals surface area contributed by atoms with Gasteiger partial charge in [0, 0.05) is 19.8 Å². The summed E-state index contributed by atoms with van der Waals surface area (Å²) < 4.78 is 5.18. The standard InChI is InChI=1S/C23H24N4O4/c1-26(2)17-13-11-16(12-14-17)7-6-9-19-22(29)27(23(30)25-19)15-21(28)24-18-8-4-5-10-20(18)31-3/h4-14H,15H2,1-3H3,(H,24,28)(H,25,30)/b7-6+,19-9+. The second kappa shape index (κ2) is 9.62. The number of nitrogens with zero attached hydrogens (tertiary/aromatic N) is 2. The molecule has 8 nitrogen and oxygen atoms in total. The summed E-state index contributed by atoms with van der Waals surface area (Å²) in [5.74, 6) is -0.587. The Bertz CT molecular complexity index is 1040. The lowest BCUT2D eigenvalue weighted by atomic mass is 10.2. The van der Waals surface area contributed by atoms with Crippen molar-refractivity contribution in [3.05, 3.63) is 71.9 Å². The van der Waals surface area contributed by atoms with Gasteiger partial charge in [0.15, 0.2) is 0 Å². The van der Waals surface area contributed by atoms with E-state index < -0.39 is 24.4 Å². The molecule has 1 aliphatic rings. The fraction of sp³-hybridized carbons (Fsp3) is 0.174. The van der Waals surface area contributed by atoms with E-state index in [2.05, 4.69) is 10.6 Å². The normalized spacial score (nSPS) is 14.8. The van der Waals surface area contributed by atoms with Crippen molar-refractivity contribution < 1.29 is 19.1 Å². The quantitative estimate of drug-likeness (QED) is 0.531. The van der Waals surface area contributed by atoms with E-state index in [0.717, 1.165) is 16.2 Å². The van der Waals surface area contributed by atoms with E-state index in [4.69, 9.17) is 4.74 Å². The molecule has 0 bridgehead atoms. The minimum atomic E-state index is -0.643. The van der Waals surface area contributed by atoms with Gasteiger partial charge >= 0.3 is 6.03 Å². The fourth-order valence-electron chi connectivity index (χ4n) is 2.95. The number of amides is 4. The van der Waals surface area contributed by atoms with Gasteiger partial charge in [0.2, 0.25) is 5.91 Å². The molecule has 2 N–H and O–H groups in total. The maximum Gasteiger partial charge on any atom is 0.329 e. The van der Waals surface area contributed by atoms with Gasteiger partial charge in [0.1, 0.15) is 18.0 Å². The number of hydrogen-bond donors (Lipinski definition) is 2. The number of carbonyl (C=O) groups excluding carboxylic acids is 3. The third-order valence-electron chi connectivity index (χ3n) is 4.61. The van der Waals surface area contributed by atoms with Crippen LogP contribution in [0.1, 0.15) is 5.56 Å². The van der Waals surface area contributed by atoms with Crippen LogP contribution in [0, 0.1) is 0 Å². The van der Waals surface area contributed by atoms with Crippen LogP contribution >= 0.6 is 0 Å². The number of rotatable bonds is 7. The predicted octanol–water partition coefficient (Wildman–Crippen LogP) is 2.85. The maximum absolute atomic E-state index is 12.5. The Morgan fingerprint density at radius 1 is 1.13 bits per heavy atom. The number of para-hydroxylation sites is 2. The summed E-state index contributed by atoms with van der Waals surface area (Å²) in [7, 11) is 5.42. The van der Waals surface area contributed by atoms with Crippen molar-refractivity contribution in [3.63, 3.8) is 0 Å². The van der Waals surface area contributed by atoms with Gasteiger partial charge < -0.3 is 20.3 Å². The lowest BCUT2D eigenvalue weighted by molar-refractivity contribution is -0.127. The highest BCUT2D eigenvalue weighted by Crippen LogP contribution is 2.23. The molecule has 1 heterocycles. The molecule has 3 rings (SSSR count). The molecule has 1 aliphatic heterocycles. The third-order valence-corrected chi connectivity index (χ3v) is 4.61. The molecular formula is C23H24N4O4. The Morgan fingerprint density at radius 2 is 1.84 bits per heavy atom. The molecule has 0 aromatic heterocycles. The van der Waals surface area contributed by atoms with Crippen molar-refractivity contribution in [2.24, 2.45) is 0 Å². The molecule has 1 fully saturated rings. The molecule has 0 saturated carbocycles. The Labute approximate surface area is 180 Å². The largest absolute Gasteiger partial charge is 0.495 e. The summed E-state index contributed by atoms with van der Waals surface area (Å²) in [6.45, 7) is -0.407. The first-order valence-electron chi connectivity index (χ1n) is 9.60. The molecule has 4 amide bonds. The van der Waals surface area contributed by atoms with Crippen LogP contribution in [0.25, 0.3) is 6.08 Å². The van der Waals surface area contributed by atoms with Crippen molar-refractivity contribution >= 4 is 35.3 Å². The molecule has 31 heavy (non-hydrogen) atoms. The van der Waals surface area contributed by atoms with Gasteiger partial charge in [-0.25, -0.2) is 9.69 Å². The zero-order chi connectivity index (χ0) is 22.4. The lowest BCUT2D eigenvalue weighted by Gasteiger charge is -2.13. The topological polar surface area (TPSA) is 91.0 Å². The molecule has 0 atom stereocenters. The first-order chi connectivity index (χ1) is 14.9. The van der Waals surface area contributed by atoms with Gasteiger partial charge in [-0.1, -0.05) is 36.4 Å². The number of methoxy groups -OCH3 is 1. The molecule has 1 saturated heterocycles. The second-order valence-electron chi connectivity index (χ2n) is 7.00. The summed E-state index contributed by atoms with van der Waals surface area (Å²) in [5.41, 5.74) is 2.60. The number of nitrogens with one attached hydrogen (secondary N) is 2. The molecule has 0 aliphatic carbocycles. The highest BCUT2D eigenvalue weighted by molar-refractivity contribution is 6.14. The number of carbonyl (C=O) groups is 3. The van der Waals surface area contributed by atoms with E-state index in [0.29, 0.717) is 11.4 Å². The van der Waals surface area contributed by atoms with E-state index in [9.17, 15) is 14.4 Å². The minimum Gasteiger partial charge on any atom is -0.495 e. The number of anilines is 2. The summed E-state index contributed by atoms with van der Waals surface area (Å²) in [6.07, 6.45) is 5.01. The SMILES string of the molecule is COc1ccccc1NC(=O)CN1C(=O)N/C(=C/C=C/c2ccc(N(C)C)cc2)C1=O. The summed E-state index contributed by atoms with van der Waals surface area (Å²) in [4.78, 5) is 39.9. The third kappa shape index (κ3) is 5.30. The van der Waals surface area contributed by atoms with Crippen LogP contribution in [-0.4, -0.2) is 50.5 Å². The van der Waals surface area contributed by atoms with Gasteiger partial charge in [0.25, 0.3) is 5.91 Å². The number of hydrogen-bond acceptors (Lipinski definition) is 5. The van der Waals surface area contributed by atoms with Crippen LogP contribution in [0.4, 0.5) is 16.2 Å². The van der Waals surface area contributed by atoms with Gasteiger partial charge in [0.05, 0.1) is 12.8 Å². The zero-order valence-electron chi connectivity index (χ0n) is 17.6. The number of ether oxygens (including phenoxy) is 1. The van der Waals surface area contributed by atoms with Crippen LogP contribution in [0.3, 0.4) is 0 Å². The van der Waals surface area contributed by atoms with Gasteiger partial charge in [-0.05, 0) is 35.9 Å². The molecule has 0 unspecified atom stereocenters. The molecule has 0 radical (unpaired) electrons. The predicted molar refractivity (Wildman–Crippen MR) is 120 cm³/mol. The highest BCUT2D eigenvalue weighted by Gasteiger charge is 2.34. The van der Waals surface area contributed by atoms with E-state index in [1.165, 1.54) is 13.2 Å². The molecule has 2 aromatic carbocycles. The van der Waals surface area contributed by atoms with E-state index >= 15 is 0 Å². The maximum atomic E-state index is 12.5. The van der Waals surface area contributed by atoms with Gasteiger partial charge in [-0.15, -0.1) is 0 Å². The van der Waals surface area contributed by atoms with Crippen LogP contribution < -0.4 is 20.3 Å². The van der Waals surface area contributed by atoms with E-state index in [-0.39, 0.29) is 5.70 Å². The van der Waals surface area contributed by atoms with Crippen LogP contribution in [0.5, 0.6) is 5.75 Å². The van der Waals surface area contributed by atoms with Crippen LogP contribution in [0.15, 0.2) is 66.4 Å². The highest BCUT2D eigenvalue weighted by atomic mass is 16.5. The smallest absolute Gasteiger partial charge is 0.329 e. The number of urea groups is 1. The van der Waals surface area contributed by atoms with E-state index in [1.807, 2.05) is 49.3 Å². The Balaban J connectivity index is 1.62. The fourth-order valence-corrected chi connectivity index (χ4v) is 2.95. The Morgan fingerprint density at radius 3 is 2.52 bits per heavy atom. The van der Waals surface area contributed by atoms with Crippen LogP contribution in [-0.2, 0) is 9.59 Å². The number of imide groups is 1. The minimum absolute atomic E-state index is 0.108. The lowest BCUT2D eigenvalue weighted by Crippen LogP contribution is -2.38. The average Bonchev–Trinajstić information content (AvgIpc) is 3.02. The van der Waals surface area contributed by atoms with Crippen molar-refractivity contribution in [2.45, 2.75) is 0 Å². The van der Waals surface area contributed by atoms with Crippen molar-refractivity contribution in [2.75, 3.05) is 38.0 Å². The summed E-state index contributed by atoms with van der Waals surface area (Å²) in [5, 5.41) is 5.14. The number of allylic oxidation sites excluding steroid dienone is 2. The average molecular weight is 420 g/mol. The first kappa shape index (κ1) is 21.6. The van der Waals surface area contributed by atoms with Crippen molar-refractivity contribution in [1.29, 1.82) is 0 Å². The van der Waals surface area contributed by atoms with Gasteiger partial charge in [-0.2, -0.15) is 0 Å². The number of benzene rings is 2. The molecule has 8 heteroatoms. The van der Waals surface area contributed by atoms with E-state index in [1.54, 1.807) is 30.3 Å². The zero-order valence-corrected chi connectivity index (χ0v) is 17.6. The molecule has 160 valence electrons. The van der Waals surface area contributed by atoms with Crippen molar-refractivity contribution in [1.82, 2.24) is 10.2 Å². The molecule has 0 spiro atoms. The van der Waals surface area contributed by atoms with Crippen molar-refractivity contribution in [3.8, 4) is 5.75 Å². The van der Waals surface area contributed by atoms with Gasteiger partial charge in [-0.3, -0.25) is 9.59 Å². The summed E-state index contributed by atoms with van der Waals surface area (Å²) in [6, 6.07) is 14.1. The molecule has 2 aromatic rings.